The molecule has 3 heterocycles. The van der Waals surface area contributed by atoms with E-state index in [1.54, 1.807) is 12.1 Å². The summed E-state index contributed by atoms with van der Waals surface area (Å²) < 4.78 is 45.3. The molecule has 2 amide bonds. The van der Waals surface area contributed by atoms with Crippen molar-refractivity contribution in [2.45, 2.75) is 56.9 Å². The minimum atomic E-state index is -5.01. The van der Waals surface area contributed by atoms with Crippen LogP contribution < -0.4 is 31.5 Å². The first-order valence-corrected chi connectivity index (χ1v) is 16.5. The number of hydrogen-bond donors (Lipinski definition) is 6. The highest BCUT2D eigenvalue weighted by Crippen LogP contribution is 2.33. The summed E-state index contributed by atoms with van der Waals surface area (Å²) in [5.41, 5.74) is 12.0. The molecular formula is C27H37N8O10S2+. The fourth-order valence-electron chi connectivity index (χ4n) is 4.85. The van der Waals surface area contributed by atoms with Crippen LogP contribution in [0.1, 0.15) is 26.0 Å². The fraction of sp³-hybridized carbons (Fsp3) is 0.444. The lowest BCUT2D eigenvalue weighted by Gasteiger charge is -2.50. The van der Waals surface area contributed by atoms with Crippen molar-refractivity contribution in [1.29, 1.82) is 0 Å². The molecule has 0 aliphatic carbocycles. The number of aliphatic carboxylic acids is 1. The van der Waals surface area contributed by atoms with Gasteiger partial charge in [0.1, 0.15) is 23.9 Å². The third-order valence-corrected chi connectivity index (χ3v) is 8.48. The molecule has 1 unspecified atom stereocenters. The molecule has 2 aliphatic heterocycles. The molecule has 0 radical (unpaired) electrons. The number of benzene rings is 1. The zero-order valence-electron chi connectivity index (χ0n) is 25.9. The average molecular weight is 698 g/mol. The molecule has 4 rings (SSSR count). The number of carboxylic acids is 1. The largest absolute Gasteiger partial charge is 0.489 e. The Labute approximate surface area is 274 Å². The van der Waals surface area contributed by atoms with E-state index < -0.39 is 63.7 Å². The number of rotatable bonds is 15. The number of aryl methyl sites for hydroxylation is 1. The van der Waals surface area contributed by atoms with Crippen LogP contribution in [-0.4, -0.2) is 87.7 Å². The summed E-state index contributed by atoms with van der Waals surface area (Å²) in [5.74, 6) is -3.02. The van der Waals surface area contributed by atoms with E-state index in [1.165, 1.54) is 19.3 Å². The van der Waals surface area contributed by atoms with Gasteiger partial charge in [-0.3, -0.25) is 14.1 Å². The Kier molecular flexibility index (Phi) is 10.8. The summed E-state index contributed by atoms with van der Waals surface area (Å²) in [7, 11) is -3.06. The van der Waals surface area contributed by atoms with Gasteiger partial charge in [-0.1, -0.05) is 16.9 Å². The van der Waals surface area contributed by atoms with E-state index >= 15 is 0 Å². The quantitative estimate of drug-likeness (QED) is 0.0434. The SMILES string of the molecule is Cc1cc(-c2ccc(OC[C@H](O/N=C(\C(=O)N[C@@H]3C(=O)N(OS(=O)(=O)O)C3(C)C)C3=CSC(N)N3)C(=O)O)cc2)[n+](C)n1CCCN. The molecule has 20 heteroatoms. The maximum Gasteiger partial charge on any atom is 0.418 e. The molecule has 0 spiro atoms. The molecule has 0 bridgehead atoms. The number of carbonyl (C=O) groups is 3. The van der Waals surface area contributed by atoms with Crippen LogP contribution in [-0.2, 0) is 47.5 Å². The third kappa shape index (κ3) is 8.21. The Morgan fingerprint density at radius 3 is 2.51 bits per heavy atom. The van der Waals surface area contributed by atoms with Gasteiger partial charge in [0.15, 0.2) is 12.8 Å². The number of nitrogens with two attached hydrogens (primary N) is 2. The topological polar surface area (TPSA) is 254 Å². The van der Waals surface area contributed by atoms with Gasteiger partial charge in [-0.05, 0) is 58.0 Å². The minimum Gasteiger partial charge on any atom is -0.489 e. The number of hydrogen-bond acceptors (Lipinski definition) is 13. The van der Waals surface area contributed by atoms with Crippen molar-refractivity contribution in [3.63, 3.8) is 0 Å². The number of β-lactam (4-membered cyclic amide) rings is 1. The molecule has 18 nitrogen and oxygen atoms in total. The maximum atomic E-state index is 13.3. The van der Waals surface area contributed by atoms with Crippen LogP contribution in [0.5, 0.6) is 5.75 Å². The first kappa shape index (κ1) is 35.6. The summed E-state index contributed by atoms with van der Waals surface area (Å²) in [6.07, 6.45) is -0.816. The standard InChI is InChI=1S/C27H36N8O10S2/c1-15-12-19(33(4)34(15)11-5-10-28)16-6-8-17(9-7-16)43-13-20(25(38)39)44-32-21(18-14-46-26(29)30-18)23(36)31-22-24(37)35(27(22,2)3)45-47(40,41)42/h6-9,12,14,20,22,26,30H,5,10-11,13,28-29H2,1-4H3,(H2-,31,36,38,39,40,41,42)/p+1/b32-21-/t20-,22+,26?/m0/s1. The summed E-state index contributed by atoms with van der Waals surface area (Å²) in [6, 6.07) is 7.78. The van der Waals surface area contributed by atoms with Crippen LogP contribution in [0.25, 0.3) is 11.3 Å². The van der Waals surface area contributed by atoms with Crippen molar-refractivity contribution in [1.82, 2.24) is 20.4 Å². The van der Waals surface area contributed by atoms with Crippen molar-refractivity contribution in [2.24, 2.45) is 23.7 Å². The number of nitrogens with zero attached hydrogens (tertiary/aromatic N) is 4. The number of nitrogens with one attached hydrogen (secondary N) is 2. The Morgan fingerprint density at radius 2 is 1.96 bits per heavy atom. The molecule has 1 aromatic heterocycles. The monoisotopic (exact) mass is 697 g/mol. The lowest BCUT2D eigenvalue weighted by atomic mass is 9.84. The Hall–Kier alpha value is -4.21. The van der Waals surface area contributed by atoms with Gasteiger partial charge < -0.3 is 36.8 Å². The predicted octanol–water partition coefficient (Wildman–Crippen LogP) is -0.898. The van der Waals surface area contributed by atoms with E-state index in [0.29, 0.717) is 17.4 Å². The van der Waals surface area contributed by atoms with Crippen LogP contribution in [0.4, 0.5) is 0 Å². The van der Waals surface area contributed by atoms with Gasteiger partial charge in [-0.25, -0.2) is 4.79 Å². The van der Waals surface area contributed by atoms with E-state index in [2.05, 4.69) is 30.8 Å². The number of aromatic nitrogens is 2. The minimum absolute atomic E-state index is 0.0801. The van der Waals surface area contributed by atoms with Gasteiger partial charge in [-0.15, -0.1) is 8.97 Å². The van der Waals surface area contributed by atoms with Crippen molar-refractivity contribution >= 4 is 45.7 Å². The molecular weight excluding hydrogens is 660 g/mol. The Morgan fingerprint density at radius 1 is 1.28 bits per heavy atom. The zero-order valence-corrected chi connectivity index (χ0v) is 27.6. The van der Waals surface area contributed by atoms with Crippen LogP contribution in [0.3, 0.4) is 0 Å². The number of carboxylic acid groups (broad SMARTS) is 1. The number of amides is 2. The van der Waals surface area contributed by atoms with Crippen LogP contribution in [0.2, 0.25) is 0 Å². The van der Waals surface area contributed by atoms with Gasteiger partial charge in [0, 0.05) is 17.0 Å². The highest BCUT2D eigenvalue weighted by Gasteiger charge is 2.58. The lowest BCUT2D eigenvalue weighted by molar-refractivity contribution is -0.744. The second kappa shape index (κ2) is 14.3. The van der Waals surface area contributed by atoms with E-state index in [-0.39, 0.29) is 5.70 Å². The van der Waals surface area contributed by atoms with E-state index in [0.717, 1.165) is 41.7 Å². The van der Waals surface area contributed by atoms with Gasteiger partial charge in [0.2, 0.25) is 5.69 Å². The highest BCUT2D eigenvalue weighted by molar-refractivity contribution is 8.02. The molecule has 1 fully saturated rings. The van der Waals surface area contributed by atoms with E-state index in [1.807, 2.05) is 30.8 Å². The molecule has 2 aliphatic rings. The number of hydroxylamine groups is 2. The second-order valence-corrected chi connectivity index (χ2v) is 13.1. The zero-order chi connectivity index (χ0) is 34.7. The molecule has 1 aromatic carbocycles. The van der Waals surface area contributed by atoms with Crippen molar-refractivity contribution in [3.8, 4) is 17.0 Å². The van der Waals surface area contributed by atoms with Gasteiger partial charge in [0.25, 0.3) is 17.9 Å². The number of ether oxygens (including phenoxy) is 1. The molecule has 1 saturated heterocycles. The average Bonchev–Trinajstić information content (AvgIpc) is 3.56. The summed E-state index contributed by atoms with van der Waals surface area (Å²) in [6.45, 7) is 5.65. The van der Waals surface area contributed by atoms with Crippen LogP contribution >= 0.6 is 11.8 Å². The smallest absolute Gasteiger partial charge is 0.418 e. The summed E-state index contributed by atoms with van der Waals surface area (Å²) in [4.78, 5) is 43.0. The number of carbonyl (C=O) groups excluding carboxylic acids is 2. The normalized spacial score (nSPS) is 19.8. The third-order valence-electron chi connectivity index (χ3n) is 7.36. The first-order chi connectivity index (χ1) is 22.0. The predicted molar refractivity (Wildman–Crippen MR) is 167 cm³/mol. The van der Waals surface area contributed by atoms with Crippen molar-refractivity contribution in [3.05, 3.63) is 47.1 Å². The molecule has 47 heavy (non-hydrogen) atoms. The van der Waals surface area contributed by atoms with Crippen molar-refractivity contribution < 1.29 is 51.0 Å². The highest BCUT2D eigenvalue weighted by atomic mass is 32.3. The molecule has 3 atom stereocenters. The van der Waals surface area contributed by atoms with Gasteiger partial charge in [0.05, 0.1) is 23.5 Å². The number of oxime groups is 1. The Bertz CT molecular complexity index is 1690. The van der Waals surface area contributed by atoms with Crippen LogP contribution in [0, 0.1) is 6.92 Å². The summed E-state index contributed by atoms with van der Waals surface area (Å²) in [5, 5.41) is 20.6. The maximum absolute atomic E-state index is 13.3. The molecule has 8 N–H and O–H groups in total. The molecule has 2 aromatic rings. The fourth-order valence-corrected chi connectivity index (χ4v) is 5.96. The number of thioether (sulfide) groups is 1. The Balaban J connectivity index is 1.45. The second-order valence-electron chi connectivity index (χ2n) is 11.1. The summed E-state index contributed by atoms with van der Waals surface area (Å²) >= 11 is 1.10. The van der Waals surface area contributed by atoms with Gasteiger partial charge in [-0.2, -0.15) is 18.2 Å². The van der Waals surface area contributed by atoms with E-state index in [4.69, 9.17) is 25.6 Å². The van der Waals surface area contributed by atoms with E-state index in [9.17, 15) is 27.9 Å². The molecule has 0 saturated carbocycles. The lowest BCUT2D eigenvalue weighted by Crippen LogP contribution is -2.77. The van der Waals surface area contributed by atoms with Crippen LogP contribution in [0.15, 0.2) is 46.6 Å². The molecule has 256 valence electrons. The first-order valence-electron chi connectivity index (χ1n) is 14.2. The van der Waals surface area contributed by atoms with Crippen molar-refractivity contribution in [2.75, 3.05) is 13.2 Å². The van der Waals surface area contributed by atoms with Gasteiger partial charge >= 0.3 is 16.4 Å².